The van der Waals surface area contributed by atoms with Crippen LogP contribution in [0.25, 0.3) is 0 Å². The minimum absolute atomic E-state index is 0.694. The quantitative estimate of drug-likeness (QED) is 0.645. The fraction of sp³-hybridized carbons (Fsp3) is 0.583. The summed E-state index contributed by atoms with van der Waals surface area (Å²) in [4.78, 5) is 0. The van der Waals surface area contributed by atoms with Gasteiger partial charge < -0.3 is 4.74 Å². The van der Waals surface area contributed by atoms with E-state index in [1.165, 1.54) is 0 Å². The average Bonchev–Trinajstić information content (AvgIpc) is 2.28. The zero-order valence-corrected chi connectivity index (χ0v) is 9.41. The minimum Gasteiger partial charge on any atom is -0.476 e. The first-order valence-corrected chi connectivity index (χ1v) is 5.61. The molecule has 1 radical (unpaired) electrons. The van der Waals surface area contributed by atoms with Gasteiger partial charge in [-0.15, -0.1) is 5.10 Å². The first kappa shape index (κ1) is 12.0. The fourth-order valence-electron chi connectivity index (χ4n) is 1.29. The topological polar surface area (TPSA) is 35.0 Å². The molecule has 15 heavy (non-hydrogen) atoms. The number of ether oxygens (including phenoxy) is 1. The molecular formula is C12H19N2O. The molecule has 1 heterocycles. The van der Waals surface area contributed by atoms with Crippen molar-refractivity contribution in [1.29, 1.82) is 0 Å². The second-order valence-corrected chi connectivity index (χ2v) is 3.52. The van der Waals surface area contributed by atoms with Crippen molar-refractivity contribution in [3.63, 3.8) is 0 Å². The van der Waals surface area contributed by atoms with Crippen molar-refractivity contribution >= 4 is 0 Å². The number of aromatic nitrogens is 2. The van der Waals surface area contributed by atoms with E-state index >= 15 is 0 Å². The highest BCUT2D eigenvalue weighted by Gasteiger charge is 2.04. The summed E-state index contributed by atoms with van der Waals surface area (Å²) in [7, 11) is 0. The van der Waals surface area contributed by atoms with Crippen molar-refractivity contribution < 1.29 is 4.74 Å². The Morgan fingerprint density at radius 2 is 2.27 bits per heavy atom. The van der Waals surface area contributed by atoms with Gasteiger partial charge in [0.15, 0.2) is 0 Å². The molecule has 0 atom stereocenters. The molecule has 1 rings (SSSR count). The highest BCUT2D eigenvalue weighted by Crippen LogP contribution is 2.16. The Hall–Kier alpha value is -1.12. The Morgan fingerprint density at radius 3 is 3.00 bits per heavy atom. The number of hydrogen-bond donors (Lipinski definition) is 0. The maximum Gasteiger partial charge on any atom is 0.236 e. The van der Waals surface area contributed by atoms with E-state index in [2.05, 4.69) is 24.0 Å². The molecule has 0 bridgehead atoms. The minimum atomic E-state index is 0.694. The maximum atomic E-state index is 5.58. The second kappa shape index (κ2) is 7.21. The van der Waals surface area contributed by atoms with E-state index in [0.717, 1.165) is 44.3 Å². The largest absolute Gasteiger partial charge is 0.476 e. The van der Waals surface area contributed by atoms with Crippen LogP contribution in [0.4, 0.5) is 0 Å². The number of hydrogen-bond acceptors (Lipinski definition) is 3. The summed E-state index contributed by atoms with van der Waals surface area (Å²) in [5, 5.41) is 7.85. The van der Waals surface area contributed by atoms with E-state index in [1.54, 1.807) is 6.20 Å². The van der Waals surface area contributed by atoms with Crippen LogP contribution in [0.1, 0.15) is 38.2 Å². The molecule has 1 aromatic rings. The van der Waals surface area contributed by atoms with Crippen LogP contribution < -0.4 is 4.74 Å². The Morgan fingerprint density at radius 1 is 1.40 bits per heavy atom. The third-order valence-electron chi connectivity index (χ3n) is 2.20. The molecule has 0 aliphatic carbocycles. The van der Waals surface area contributed by atoms with Crippen LogP contribution >= 0.6 is 0 Å². The first-order valence-electron chi connectivity index (χ1n) is 5.61. The van der Waals surface area contributed by atoms with E-state index < -0.39 is 0 Å². The molecule has 3 heteroatoms. The lowest BCUT2D eigenvalue weighted by Crippen LogP contribution is -2.03. The maximum absolute atomic E-state index is 5.58. The van der Waals surface area contributed by atoms with Gasteiger partial charge >= 0.3 is 0 Å². The van der Waals surface area contributed by atoms with Crippen LogP contribution in [0.3, 0.4) is 0 Å². The normalized spacial score (nSPS) is 10.3. The summed E-state index contributed by atoms with van der Waals surface area (Å²) >= 11 is 0. The lowest BCUT2D eigenvalue weighted by molar-refractivity contribution is 0.290. The molecule has 0 aromatic carbocycles. The van der Waals surface area contributed by atoms with Gasteiger partial charge in [-0.1, -0.05) is 26.7 Å². The first-order chi connectivity index (χ1) is 7.38. The van der Waals surface area contributed by atoms with E-state index in [-0.39, 0.29) is 0 Å². The van der Waals surface area contributed by atoms with Gasteiger partial charge in [0.25, 0.3) is 0 Å². The fourth-order valence-corrected chi connectivity index (χ4v) is 1.29. The molecule has 1 aromatic heterocycles. The molecule has 0 aliphatic rings. The summed E-state index contributed by atoms with van der Waals surface area (Å²) in [6.07, 6.45) is 6.89. The lowest BCUT2D eigenvalue weighted by Gasteiger charge is -2.08. The summed E-state index contributed by atoms with van der Waals surface area (Å²) in [6.45, 7) is 6.70. The van der Waals surface area contributed by atoms with Crippen molar-refractivity contribution in [1.82, 2.24) is 10.2 Å². The van der Waals surface area contributed by atoms with Crippen LogP contribution in [0.15, 0.2) is 12.3 Å². The Bertz CT molecular complexity index is 276. The zero-order valence-electron chi connectivity index (χ0n) is 9.41. The van der Waals surface area contributed by atoms with Gasteiger partial charge in [-0.25, -0.2) is 0 Å². The third-order valence-corrected chi connectivity index (χ3v) is 2.20. The lowest BCUT2D eigenvalue weighted by atomic mass is 10.1. The van der Waals surface area contributed by atoms with Gasteiger partial charge in [0.05, 0.1) is 12.8 Å². The van der Waals surface area contributed by atoms with Crippen molar-refractivity contribution in [2.75, 3.05) is 6.61 Å². The van der Waals surface area contributed by atoms with Gasteiger partial charge in [-0.2, -0.15) is 5.10 Å². The number of aryl methyl sites for hydroxylation is 1. The molecule has 0 saturated heterocycles. The Labute approximate surface area is 91.9 Å². The number of unbranched alkanes of at least 4 members (excludes halogenated alkanes) is 2. The third kappa shape index (κ3) is 4.28. The van der Waals surface area contributed by atoms with Crippen molar-refractivity contribution in [3.8, 4) is 5.88 Å². The SMILES string of the molecule is [CH2]CCCc1ccnnc1OCCCC. The monoisotopic (exact) mass is 207 g/mol. The van der Waals surface area contributed by atoms with Gasteiger partial charge in [-0.05, 0) is 25.3 Å². The number of nitrogens with zero attached hydrogens (tertiary/aromatic N) is 2. The summed E-state index contributed by atoms with van der Waals surface area (Å²) in [5.74, 6) is 0.694. The zero-order chi connectivity index (χ0) is 10.9. The summed E-state index contributed by atoms with van der Waals surface area (Å²) < 4.78 is 5.58. The van der Waals surface area contributed by atoms with Crippen molar-refractivity contribution in [2.45, 2.75) is 39.0 Å². The van der Waals surface area contributed by atoms with Gasteiger partial charge in [-0.3, -0.25) is 0 Å². The predicted molar refractivity (Wildman–Crippen MR) is 60.7 cm³/mol. The number of rotatable bonds is 7. The Balaban J connectivity index is 2.52. The molecule has 0 amide bonds. The van der Waals surface area contributed by atoms with E-state index in [1.807, 2.05) is 6.07 Å². The molecule has 83 valence electrons. The van der Waals surface area contributed by atoms with Gasteiger partial charge in [0.1, 0.15) is 0 Å². The van der Waals surface area contributed by atoms with Gasteiger partial charge in [0, 0.05) is 5.56 Å². The van der Waals surface area contributed by atoms with Crippen LogP contribution in [0.5, 0.6) is 5.88 Å². The van der Waals surface area contributed by atoms with E-state index in [4.69, 9.17) is 4.74 Å². The van der Waals surface area contributed by atoms with E-state index in [0.29, 0.717) is 5.88 Å². The molecule has 0 saturated carbocycles. The van der Waals surface area contributed by atoms with Crippen LogP contribution in [-0.4, -0.2) is 16.8 Å². The van der Waals surface area contributed by atoms with Crippen LogP contribution in [-0.2, 0) is 6.42 Å². The highest BCUT2D eigenvalue weighted by atomic mass is 16.5. The van der Waals surface area contributed by atoms with Crippen LogP contribution in [0.2, 0.25) is 0 Å². The molecule has 0 N–H and O–H groups in total. The van der Waals surface area contributed by atoms with Crippen LogP contribution in [0, 0.1) is 6.92 Å². The van der Waals surface area contributed by atoms with Gasteiger partial charge in [0.2, 0.25) is 5.88 Å². The predicted octanol–water partition coefficient (Wildman–Crippen LogP) is 2.81. The molecule has 0 unspecified atom stereocenters. The second-order valence-electron chi connectivity index (χ2n) is 3.52. The highest BCUT2D eigenvalue weighted by molar-refractivity contribution is 5.23. The Kier molecular flexibility index (Phi) is 5.74. The average molecular weight is 207 g/mol. The van der Waals surface area contributed by atoms with Crippen molar-refractivity contribution in [3.05, 3.63) is 24.8 Å². The molecular weight excluding hydrogens is 188 g/mol. The summed E-state index contributed by atoms with van der Waals surface area (Å²) in [5.41, 5.74) is 1.14. The smallest absolute Gasteiger partial charge is 0.236 e. The molecule has 3 nitrogen and oxygen atoms in total. The summed E-state index contributed by atoms with van der Waals surface area (Å²) in [6, 6.07) is 1.98. The molecule has 0 aliphatic heterocycles. The molecule has 0 spiro atoms. The molecule has 0 fully saturated rings. The standard InChI is InChI=1S/C12H19N2O/c1-3-5-7-11-8-9-13-14-12(11)15-10-6-4-2/h8-9H,1,3-7,10H2,2H3. The van der Waals surface area contributed by atoms with Crippen molar-refractivity contribution in [2.24, 2.45) is 0 Å². The van der Waals surface area contributed by atoms with E-state index in [9.17, 15) is 0 Å².